The van der Waals surface area contributed by atoms with Gasteiger partial charge < -0.3 is 19.3 Å². The van der Waals surface area contributed by atoms with E-state index in [2.05, 4.69) is 362 Å². The van der Waals surface area contributed by atoms with Crippen LogP contribution in [0.4, 0.5) is 34.1 Å². The zero-order valence-electron chi connectivity index (χ0n) is 53.0. The summed E-state index contributed by atoms with van der Waals surface area (Å²) in [5.74, 6) is 3.68. The molecule has 4 heterocycles. The second kappa shape index (κ2) is 22.3. The highest BCUT2D eigenvalue weighted by Gasteiger charge is 2.53. The molecule has 98 heavy (non-hydrogen) atoms. The summed E-state index contributed by atoms with van der Waals surface area (Å²) in [6.45, 7) is 0. The van der Waals surface area contributed by atoms with Gasteiger partial charge in [-0.25, -0.2) is 0 Å². The van der Waals surface area contributed by atoms with Crippen molar-refractivity contribution in [1.29, 1.82) is 0 Å². The highest BCUT2D eigenvalue weighted by molar-refractivity contribution is 7.26. The van der Waals surface area contributed by atoms with Gasteiger partial charge in [-0.1, -0.05) is 231 Å². The van der Waals surface area contributed by atoms with E-state index in [1.165, 1.54) is 118 Å². The average Bonchev–Trinajstić information content (AvgIpc) is 1.50. The highest BCUT2D eigenvalue weighted by Crippen LogP contribution is 2.65. The number of anilines is 6. The smallest absolute Gasteiger partial charge is 0.132 e. The van der Waals surface area contributed by atoms with Crippen LogP contribution in [0.15, 0.2) is 352 Å². The van der Waals surface area contributed by atoms with Crippen molar-refractivity contribution in [2.75, 3.05) is 9.80 Å². The molecular weight excluding hydrogens is 1230 g/mol. The Morgan fingerprint density at radius 1 is 0.204 bits per heavy atom. The molecule has 6 heteroatoms. The molecule has 17 aromatic rings. The standard InChI is InChI=1S/C49H31NOS.C43H27NOS/c1-3-14-32(15-4-1)33-16-13-19-35(28-33)50(34-17-5-2-6-18-34)36-26-27-38-40-30-39-37-20-7-8-21-41(37)49(44(39)31-48(40)52-47(38)29-36)42-22-9-11-24-45(42)51-46-25-12-10-23-43(46)49;1-3-13-28(14-4-1)44(29-15-5-2-6-16-29)30-23-24-32-34-26-33-31-17-7-8-18-35(31)43(38(33)27-42(34)46-41(32)25-30)36-19-9-11-21-39(36)45-40-22-12-10-20-37(40)43/h1-31H;1-27H. The first kappa shape index (κ1) is 56.3. The zero-order valence-corrected chi connectivity index (χ0v) is 54.6. The number of hydrogen-bond acceptors (Lipinski definition) is 6. The van der Waals surface area contributed by atoms with Crippen LogP contribution in [-0.4, -0.2) is 0 Å². The van der Waals surface area contributed by atoms with Gasteiger partial charge in [-0.2, -0.15) is 0 Å². The van der Waals surface area contributed by atoms with Crippen LogP contribution in [0, 0.1) is 0 Å². The fraction of sp³-hybridized carbons (Fsp3) is 0.0217. The Hall–Kier alpha value is -12.1. The van der Waals surface area contributed by atoms with E-state index in [0.29, 0.717) is 0 Å². The van der Waals surface area contributed by atoms with Crippen molar-refractivity contribution in [2.45, 2.75) is 10.8 Å². The van der Waals surface area contributed by atoms with Gasteiger partial charge in [-0.15, -0.1) is 22.7 Å². The van der Waals surface area contributed by atoms with Crippen molar-refractivity contribution in [3.8, 4) is 56.4 Å². The molecule has 0 saturated heterocycles. The average molecular weight is 1290 g/mol. The van der Waals surface area contributed by atoms with Crippen LogP contribution in [0.3, 0.4) is 0 Å². The summed E-state index contributed by atoms with van der Waals surface area (Å²) in [7, 11) is 0. The number of nitrogens with zero attached hydrogens (tertiary/aromatic N) is 2. The first-order valence-corrected chi connectivity index (χ1v) is 35.1. The van der Waals surface area contributed by atoms with E-state index < -0.39 is 10.8 Å². The number of hydrogen-bond donors (Lipinski definition) is 0. The molecule has 0 unspecified atom stereocenters. The minimum Gasteiger partial charge on any atom is -0.457 e. The highest BCUT2D eigenvalue weighted by atomic mass is 32.1. The Labute approximate surface area is 576 Å². The lowest BCUT2D eigenvalue weighted by Crippen LogP contribution is -2.32. The Bertz CT molecular complexity index is 5910. The largest absolute Gasteiger partial charge is 0.457 e. The second-order valence-electron chi connectivity index (χ2n) is 25.7. The lowest BCUT2D eigenvalue weighted by atomic mass is 9.66. The monoisotopic (exact) mass is 1290 g/mol. The number of ether oxygens (including phenoxy) is 2. The maximum atomic E-state index is 6.57. The predicted molar refractivity (Wildman–Crippen MR) is 408 cm³/mol. The number of rotatable bonds is 7. The molecule has 2 spiro atoms. The summed E-state index contributed by atoms with van der Waals surface area (Å²) in [5.41, 5.74) is 23.5. The molecule has 0 saturated carbocycles. The lowest BCUT2D eigenvalue weighted by molar-refractivity contribution is 0.436. The molecular formula is C92H58N2O2S2. The molecule has 0 radical (unpaired) electrons. The van der Waals surface area contributed by atoms with E-state index in [4.69, 9.17) is 9.47 Å². The molecule has 460 valence electrons. The zero-order chi connectivity index (χ0) is 64.5. The summed E-state index contributed by atoms with van der Waals surface area (Å²) in [6, 6.07) is 127. The third-order valence-corrected chi connectivity index (χ3v) is 22.8. The summed E-state index contributed by atoms with van der Waals surface area (Å²) >= 11 is 3.76. The molecule has 0 fully saturated rings. The van der Waals surface area contributed by atoms with Gasteiger partial charge in [0.25, 0.3) is 0 Å². The molecule has 4 aliphatic rings. The molecule has 2 aromatic heterocycles. The van der Waals surface area contributed by atoms with Gasteiger partial charge in [0.2, 0.25) is 0 Å². The van der Waals surface area contributed by atoms with Gasteiger partial charge in [0, 0.05) is 96.7 Å². The summed E-state index contributed by atoms with van der Waals surface area (Å²) in [6.07, 6.45) is 0. The van der Waals surface area contributed by atoms with Gasteiger partial charge >= 0.3 is 0 Å². The first-order valence-electron chi connectivity index (χ1n) is 33.4. The molecule has 0 bridgehead atoms. The predicted octanol–water partition coefficient (Wildman–Crippen LogP) is 25.7. The molecule has 2 aliphatic carbocycles. The molecule has 2 aliphatic heterocycles. The van der Waals surface area contributed by atoms with E-state index in [1.807, 2.05) is 22.7 Å². The fourth-order valence-corrected chi connectivity index (χ4v) is 18.9. The third-order valence-electron chi connectivity index (χ3n) is 20.6. The molecule has 0 amide bonds. The molecule has 21 rings (SSSR count). The van der Waals surface area contributed by atoms with Crippen LogP contribution in [-0.2, 0) is 10.8 Å². The number of para-hydroxylation sites is 7. The number of fused-ring (bicyclic) bond motifs is 24. The summed E-state index contributed by atoms with van der Waals surface area (Å²) < 4.78 is 18.2. The Kier molecular flexibility index (Phi) is 12.8. The van der Waals surface area contributed by atoms with Crippen LogP contribution in [0.1, 0.15) is 44.5 Å². The van der Waals surface area contributed by atoms with Gasteiger partial charge in [-0.3, -0.25) is 0 Å². The Balaban J connectivity index is 0.000000134. The van der Waals surface area contributed by atoms with Crippen LogP contribution in [0.5, 0.6) is 23.0 Å². The Morgan fingerprint density at radius 3 is 0.939 bits per heavy atom. The maximum absolute atomic E-state index is 6.57. The third kappa shape index (κ3) is 8.42. The molecule has 0 atom stereocenters. The molecule has 15 aromatic carbocycles. The minimum absolute atomic E-state index is 0.454. The van der Waals surface area contributed by atoms with Crippen molar-refractivity contribution in [3.63, 3.8) is 0 Å². The minimum atomic E-state index is -0.471. The van der Waals surface area contributed by atoms with Crippen molar-refractivity contribution in [2.24, 2.45) is 0 Å². The van der Waals surface area contributed by atoms with Crippen LogP contribution < -0.4 is 19.3 Å². The van der Waals surface area contributed by atoms with Crippen molar-refractivity contribution in [1.82, 2.24) is 0 Å². The van der Waals surface area contributed by atoms with Crippen LogP contribution in [0.2, 0.25) is 0 Å². The summed E-state index contributed by atoms with van der Waals surface area (Å²) in [4.78, 5) is 4.71. The maximum Gasteiger partial charge on any atom is 0.132 e. The summed E-state index contributed by atoms with van der Waals surface area (Å²) in [5, 5.41) is 5.17. The second-order valence-corrected chi connectivity index (χ2v) is 27.9. The van der Waals surface area contributed by atoms with Gasteiger partial charge in [-0.05, 0) is 177 Å². The van der Waals surface area contributed by atoms with Gasteiger partial charge in [0.1, 0.15) is 23.0 Å². The van der Waals surface area contributed by atoms with Crippen LogP contribution >= 0.6 is 22.7 Å². The van der Waals surface area contributed by atoms with Crippen molar-refractivity contribution in [3.05, 3.63) is 396 Å². The van der Waals surface area contributed by atoms with Crippen LogP contribution in [0.25, 0.3) is 73.7 Å². The lowest BCUT2D eigenvalue weighted by Gasteiger charge is -2.39. The van der Waals surface area contributed by atoms with Crippen molar-refractivity contribution < 1.29 is 9.47 Å². The van der Waals surface area contributed by atoms with E-state index in [-0.39, 0.29) is 0 Å². The normalized spacial score (nSPS) is 13.4. The topological polar surface area (TPSA) is 24.9 Å². The SMILES string of the molecule is c1ccc(-c2cccc(N(c3ccccc3)c3ccc4c(c3)sc3cc5c(cc34)-c3ccccc3C53c4ccccc4Oc4ccccc43)c2)cc1.c1ccc(N(c2ccccc2)c2ccc3c(c2)sc2cc4c(cc23)-c2ccccc2C42c3ccccc3Oc3ccccc32)cc1. The molecule has 4 nitrogen and oxygen atoms in total. The van der Waals surface area contributed by atoms with E-state index in [1.54, 1.807) is 0 Å². The van der Waals surface area contributed by atoms with E-state index in [0.717, 1.165) is 57.1 Å². The fourth-order valence-electron chi connectivity index (χ4n) is 16.6. The number of benzene rings is 15. The molecule has 0 N–H and O–H groups in total. The van der Waals surface area contributed by atoms with Gasteiger partial charge in [0.15, 0.2) is 0 Å². The Morgan fingerprint density at radius 2 is 0.520 bits per heavy atom. The van der Waals surface area contributed by atoms with Crippen molar-refractivity contribution >= 4 is 97.1 Å². The van der Waals surface area contributed by atoms with E-state index in [9.17, 15) is 0 Å². The van der Waals surface area contributed by atoms with Gasteiger partial charge in [0.05, 0.1) is 10.8 Å². The first-order chi connectivity index (χ1) is 48.6. The van der Waals surface area contributed by atoms with E-state index >= 15 is 0 Å². The number of thiophene rings is 2. The quantitative estimate of drug-likeness (QED) is 0.159.